The summed E-state index contributed by atoms with van der Waals surface area (Å²) >= 11 is 7.07. The highest BCUT2D eigenvalue weighted by Gasteiger charge is 2.02. The number of thioether (sulfide) groups is 1. The molecule has 2 nitrogen and oxygen atoms in total. The van der Waals surface area contributed by atoms with Gasteiger partial charge in [0.2, 0.25) is 0 Å². The van der Waals surface area contributed by atoms with Gasteiger partial charge in [-0.05, 0) is 67.1 Å². The van der Waals surface area contributed by atoms with Gasteiger partial charge in [0.25, 0.3) is 0 Å². The number of aryl methyl sites for hydroxylation is 2. The Morgan fingerprint density at radius 2 is 1.96 bits per heavy atom. The van der Waals surface area contributed by atoms with Crippen LogP contribution in [0.3, 0.4) is 0 Å². The van der Waals surface area contributed by atoms with Crippen LogP contribution in [-0.4, -0.2) is 17.4 Å². The number of hydrogen-bond donors (Lipinski definition) is 2. The number of hydrogen-bond acceptors (Lipinski definition) is 2. The van der Waals surface area contributed by atoms with Crippen LogP contribution in [0, 0.1) is 19.7 Å². The fourth-order valence-electron chi connectivity index (χ4n) is 2.21. The Morgan fingerprint density at radius 3 is 2.75 bits per heavy atom. The van der Waals surface area contributed by atoms with Crippen LogP contribution < -0.4 is 10.6 Å². The van der Waals surface area contributed by atoms with Crippen LogP contribution in [0.4, 0.5) is 10.1 Å². The smallest absolute Gasteiger partial charge is 0.170 e. The number of nitrogens with one attached hydrogen (secondary N) is 2. The molecule has 0 aliphatic heterocycles. The van der Waals surface area contributed by atoms with Crippen LogP contribution in [0.5, 0.6) is 0 Å². The lowest BCUT2D eigenvalue weighted by atomic mass is 10.1. The minimum Gasteiger partial charge on any atom is -0.362 e. The van der Waals surface area contributed by atoms with E-state index in [1.165, 1.54) is 17.2 Å². The molecular formula is C19H23FN2S2. The van der Waals surface area contributed by atoms with Crippen molar-refractivity contribution in [2.75, 3.05) is 17.6 Å². The van der Waals surface area contributed by atoms with Crippen molar-refractivity contribution >= 4 is 34.8 Å². The summed E-state index contributed by atoms with van der Waals surface area (Å²) < 4.78 is 13.5. The molecule has 0 radical (unpaired) electrons. The molecule has 24 heavy (non-hydrogen) atoms. The van der Waals surface area contributed by atoms with Crippen LogP contribution in [-0.2, 0) is 5.75 Å². The molecule has 0 saturated carbocycles. The van der Waals surface area contributed by atoms with Gasteiger partial charge in [0, 0.05) is 18.0 Å². The quantitative estimate of drug-likeness (QED) is 0.531. The maximum atomic E-state index is 13.5. The molecule has 2 rings (SSSR count). The van der Waals surface area contributed by atoms with E-state index in [2.05, 4.69) is 42.7 Å². The molecule has 2 N–H and O–H groups in total. The van der Waals surface area contributed by atoms with E-state index in [1.807, 2.05) is 12.1 Å². The third-order valence-electron chi connectivity index (χ3n) is 3.61. The van der Waals surface area contributed by atoms with Crippen molar-refractivity contribution in [3.05, 3.63) is 65.0 Å². The minimum absolute atomic E-state index is 0.123. The van der Waals surface area contributed by atoms with E-state index in [0.717, 1.165) is 30.0 Å². The highest BCUT2D eigenvalue weighted by Crippen LogP contribution is 2.17. The van der Waals surface area contributed by atoms with Gasteiger partial charge in [-0.3, -0.25) is 0 Å². The van der Waals surface area contributed by atoms with Crippen molar-refractivity contribution in [1.29, 1.82) is 0 Å². The van der Waals surface area contributed by atoms with Gasteiger partial charge in [0.15, 0.2) is 5.11 Å². The van der Waals surface area contributed by atoms with Crippen molar-refractivity contribution in [3.8, 4) is 0 Å². The molecule has 0 unspecified atom stereocenters. The molecule has 2 aromatic carbocycles. The predicted octanol–water partition coefficient (Wildman–Crippen LogP) is 5.05. The monoisotopic (exact) mass is 362 g/mol. The highest BCUT2D eigenvalue weighted by atomic mass is 32.2. The molecule has 0 spiro atoms. The first-order valence-electron chi connectivity index (χ1n) is 7.99. The highest BCUT2D eigenvalue weighted by molar-refractivity contribution is 7.98. The van der Waals surface area contributed by atoms with Crippen molar-refractivity contribution in [2.24, 2.45) is 0 Å². The van der Waals surface area contributed by atoms with Gasteiger partial charge in [-0.25, -0.2) is 4.39 Å². The van der Waals surface area contributed by atoms with Crippen LogP contribution in [0.2, 0.25) is 0 Å². The normalized spacial score (nSPS) is 10.5. The molecule has 0 atom stereocenters. The molecular weight excluding hydrogens is 339 g/mol. The molecule has 0 saturated heterocycles. The fourth-order valence-corrected chi connectivity index (χ4v) is 3.37. The summed E-state index contributed by atoms with van der Waals surface area (Å²) in [5.41, 5.74) is 4.18. The number of anilines is 1. The first kappa shape index (κ1) is 18.7. The van der Waals surface area contributed by atoms with E-state index in [1.54, 1.807) is 17.8 Å². The van der Waals surface area contributed by atoms with E-state index in [9.17, 15) is 4.39 Å². The third kappa shape index (κ3) is 6.13. The topological polar surface area (TPSA) is 24.1 Å². The van der Waals surface area contributed by atoms with E-state index in [0.29, 0.717) is 10.9 Å². The molecule has 0 bridgehead atoms. The molecule has 0 aliphatic carbocycles. The first-order valence-corrected chi connectivity index (χ1v) is 9.56. The van der Waals surface area contributed by atoms with E-state index < -0.39 is 0 Å². The number of thiocarbonyl (C=S) groups is 1. The number of halogens is 1. The average Bonchev–Trinajstić information content (AvgIpc) is 2.56. The number of rotatable bonds is 7. The van der Waals surface area contributed by atoms with Crippen molar-refractivity contribution in [1.82, 2.24) is 5.32 Å². The Balaban J connectivity index is 1.63. The summed E-state index contributed by atoms with van der Waals surface area (Å²) in [5.74, 6) is 1.55. The summed E-state index contributed by atoms with van der Waals surface area (Å²) in [4.78, 5) is 0. The maximum absolute atomic E-state index is 13.5. The van der Waals surface area contributed by atoms with Gasteiger partial charge < -0.3 is 10.6 Å². The van der Waals surface area contributed by atoms with E-state index >= 15 is 0 Å². The SMILES string of the molecule is Cc1ccc(C)c(NC(=S)NCCCSCc2ccccc2F)c1. The van der Waals surface area contributed by atoms with E-state index in [4.69, 9.17) is 12.2 Å². The van der Waals surface area contributed by atoms with Crippen LogP contribution in [0.15, 0.2) is 42.5 Å². The molecule has 128 valence electrons. The second-order valence-corrected chi connectivity index (χ2v) is 7.21. The number of benzene rings is 2. The van der Waals surface area contributed by atoms with E-state index in [-0.39, 0.29) is 5.82 Å². The molecule has 0 aliphatic rings. The molecule has 5 heteroatoms. The zero-order chi connectivity index (χ0) is 17.4. The lowest BCUT2D eigenvalue weighted by Gasteiger charge is -2.13. The Hall–Kier alpha value is -1.59. The second kappa shape index (κ2) is 9.64. The van der Waals surface area contributed by atoms with Gasteiger partial charge in [0.05, 0.1) is 0 Å². The van der Waals surface area contributed by atoms with Crippen molar-refractivity contribution in [3.63, 3.8) is 0 Å². The standard InChI is InChI=1S/C19H23FN2S2/c1-14-8-9-15(2)18(12-14)22-19(23)21-10-5-11-24-13-16-6-3-4-7-17(16)20/h3-4,6-9,12H,5,10-11,13H2,1-2H3,(H2,21,22,23). The summed E-state index contributed by atoms with van der Waals surface area (Å²) in [6.07, 6.45) is 0.980. The van der Waals surface area contributed by atoms with Gasteiger partial charge in [0.1, 0.15) is 5.82 Å². The average molecular weight is 363 g/mol. The lowest BCUT2D eigenvalue weighted by Crippen LogP contribution is -2.29. The lowest BCUT2D eigenvalue weighted by molar-refractivity contribution is 0.617. The summed E-state index contributed by atoms with van der Waals surface area (Å²) in [5, 5.41) is 7.10. The van der Waals surface area contributed by atoms with Crippen molar-refractivity contribution in [2.45, 2.75) is 26.0 Å². The summed E-state index contributed by atoms with van der Waals surface area (Å²) in [6.45, 7) is 4.93. The molecule has 0 amide bonds. The van der Waals surface area contributed by atoms with Crippen LogP contribution in [0.1, 0.15) is 23.1 Å². The molecule has 0 fully saturated rings. The molecule has 0 heterocycles. The zero-order valence-electron chi connectivity index (χ0n) is 14.1. The largest absolute Gasteiger partial charge is 0.362 e. The van der Waals surface area contributed by atoms with Crippen LogP contribution in [0.25, 0.3) is 0 Å². The molecule has 0 aromatic heterocycles. The van der Waals surface area contributed by atoms with Gasteiger partial charge in [-0.1, -0.05) is 30.3 Å². The van der Waals surface area contributed by atoms with Crippen molar-refractivity contribution < 1.29 is 4.39 Å². The van der Waals surface area contributed by atoms with Crippen LogP contribution >= 0.6 is 24.0 Å². The van der Waals surface area contributed by atoms with Gasteiger partial charge in [-0.15, -0.1) is 0 Å². The Morgan fingerprint density at radius 1 is 1.17 bits per heavy atom. The summed E-state index contributed by atoms with van der Waals surface area (Å²) in [6, 6.07) is 13.2. The Bertz CT molecular complexity index is 689. The Labute approximate surface area is 153 Å². The zero-order valence-corrected chi connectivity index (χ0v) is 15.7. The molecule has 2 aromatic rings. The Kier molecular flexibility index (Phi) is 7.53. The second-order valence-electron chi connectivity index (χ2n) is 5.70. The first-order chi connectivity index (χ1) is 11.6. The predicted molar refractivity (Wildman–Crippen MR) is 107 cm³/mol. The van der Waals surface area contributed by atoms with Gasteiger partial charge >= 0.3 is 0 Å². The minimum atomic E-state index is -0.123. The summed E-state index contributed by atoms with van der Waals surface area (Å²) in [7, 11) is 0. The fraction of sp³-hybridized carbons (Fsp3) is 0.316. The van der Waals surface area contributed by atoms with Gasteiger partial charge in [-0.2, -0.15) is 11.8 Å². The maximum Gasteiger partial charge on any atom is 0.170 e. The third-order valence-corrected chi connectivity index (χ3v) is 4.95.